The maximum absolute atomic E-state index is 11.7. The van der Waals surface area contributed by atoms with Gasteiger partial charge >= 0.3 is 0 Å². The first-order valence-corrected chi connectivity index (χ1v) is 7.33. The van der Waals surface area contributed by atoms with E-state index in [2.05, 4.69) is 15.6 Å². The molecule has 2 rings (SSSR count). The highest BCUT2D eigenvalue weighted by molar-refractivity contribution is 5.94. The van der Waals surface area contributed by atoms with Gasteiger partial charge in [-0.1, -0.05) is 42.0 Å². The fraction of sp³-hybridized carbons (Fsp3) is 0.167. The summed E-state index contributed by atoms with van der Waals surface area (Å²) in [6.45, 7) is 1.96. The summed E-state index contributed by atoms with van der Waals surface area (Å²) in [5.74, 6) is -0.483. The normalized spacial score (nSPS) is 10.5. The number of hydrogen-bond donors (Lipinski definition) is 2. The van der Waals surface area contributed by atoms with E-state index < -0.39 is 0 Å². The molecule has 118 valence electrons. The Bertz CT molecular complexity index is 679. The second-order valence-electron chi connectivity index (χ2n) is 5.08. The van der Waals surface area contributed by atoms with Crippen LogP contribution in [0.2, 0.25) is 0 Å². The fourth-order valence-electron chi connectivity index (χ4n) is 1.87. The summed E-state index contributed by atoms with van der Waals surface area (Å²) in [6.07, 6.45) is 7.06. The number of nitrogens with zero attached hydrogens (tertiary/aromatic N) is 1. The molecule has 0 unspecified atom stereocenters. The monoisotopic (exact) mass is 309 g/mol. The molecule has 0 aliphatic carbocycles. The lowest BCUT2D eigenvalue weighted by atomic mass is 10.1. The Morgan fingerprint density at radius 2 is 1.91 bits per heavy atom. The van der Waals surface area contributed by atoms with E-state index in [4.69, 9.17) is 0 Å². The molecule has 1 aromatic heterocycles. The van der Waals surface area contributed by atoms with Gasteiger partial charge in [0, 0.05) is 12.6 Å². The van der Waals surface area contributed by atoms with Gasteiger partial charge in [-0.05, 0) is 24.6 Å². The molecule has 23 heavy (non-hydrogen) atoms. The zero-order chi connectivity index (χ0) is 16.5. The number of anilines is 1. The number of nitrogens with one attached hydrogen (secondary N) is 2. The van der Waals surface area contributed by atoms with Crippen molar-refractivity contribution in [3.8, 4) is 0 Å². The number of aromatic nitrogens is 1. The van der Waals surface area contributed by atoms with Crippen LogP contribution in [0.4, 0.5) is 5.69 Å². The van der Waals surface area contributed by atoms with Crippen molar-refractivity contribution in [1.82, 2.24) is 10.3 Å². The maximum Gasteiger partial charge on any atom is 0.243 e. The third-order valence-corrected chi connectivity index (χ3v) is 3.08. The number of aryl methyl sites for hydroxylation is 1. The van der Waals surface area contributed by atoms with E-state index in [1.54, 1.807) is 30.6 Å². The summed E-state index contributed by atoms with van der Waals surface area (Å²) in [6, 6.07) is 11.5. The molecule has 0 radical (unpaired) electrons. The van der Waals surface area contributed by atoms with Crippen molar-refractivity contribution in [1.29, 1.82) is 0 Å². The van der Waals surface area contributed by atoms with Crippen molar-refractivity contribution < 1.29 is 9.59 Å². The van der Waals surface area contributed by atoms with Crippen LogP contribution in [0.3, 0.4) is 0 Å². The molecule has 0 aliphatic heterocycles. The molecule has 2 N–H and O–H groups in total. The topological polar surface area (TPSA) is 71.1 Å². The minimum Gasteiger partial charge on any atom is -0.347 e. The number of hydrogen-bond acceptors (Lipinski definition) is 3. The third-order valence-electron chi connectivity index (χ3n) is 3.08. The summed E-state index contributed by atoms with van der Waals surface area (Å²) >= 11 is 0. The molecule has 0 aliphatic rings. The molecule has 1 heterocycles. The third kappa shape index (κ3) is 6.13. The molecule has 5 heteroatoms. The van der Waals surface area contributed by atoms with E-state index >= 15 is 0 Å². The van der Waals surface area contributed by atoms with Gasteiger partial charge in [0.2, 0.25) is 11.8 Å². The van der Waals surface area contributed by atoms with Gasteiger partial charge < -0.3 is 10.6 Å². The van der Waals surface area contributed by atoms with Gasteiger partial charge in [-0.25, -0.2) is 0 Å². The van der Waals surface area contributed by atoms with Crippen molar-refractivity contribution in [2.45, 2.75) is 13.3 Å². The first-order valence-electron chi connectivity index (χ1n) is 7.33. The fourth-order valence-corrected chi connectivity index (χ4v) is 1.87. The first kappa shape index (κ1) is 16.4. The van der Waals surface area contributed by atoms with Crippen LogP contribution in [-0.4, -0.2) is 23.3 Å². The van der Waals surface area contributed by atoms with E-state index in [0.29, 0.717) is 5.69 Å². The summed E-state index contributed by atoms with van der Waals surface area (Å²) in [7, 11) is 0. The largest absolute Gasteiger partial charge is 0.347 e. The Hall–Kier alpha value is -2.95. The highest BCUT2D eigenvalue weighted by Gasteiger charge is 2.04. The molecule has 0 bridgehead atoms. The standard InChI is InChI=1S/C18H19N3O2/c1-14-7-9-15(10-8-14)4-2-6-17(22)20-13-18(23)21-16-5-3-11-19-12-16/h2-5,7-12H,6,13H2,1H3,(H,20,22)(H,21,23). The Balaban J connectivity index is 1.70. The lowest BCUT2D eigenvalue weighted by molar-refractivity contribution is -0.123. The van der Waals surface area contributed by atoms with E-state index in [1.165, 1.54) is 5.56 Å². The number of benzene rings is 1. The lowest BCUT2D eigenvalue weighted by Gasteiger charge is -2.05. The molecular weight excluding hydrogens is 290 g/mol. The smallest absolute Gasteiger partial charge is 0.243 e. The van der Waals surface area contributed by atoms with Crippen LogP contribution >= 0.6 is 0 Å². The van der Waals surface area contributed by atoms with Crippen molar-refractivity contribution in [2.24, 2.45) is 0 Å². The lowest BCUT2D eigenvalue weighted by Crippen LogP contribution is -2.32. The van der Waals surface area contributed by atoms with Gasteiger partial charge in [-0.15, -0.1) is 0 Å². The zero-order valence-electron chi connectivity index (χ0n) is 13.0. The first-order chi connectivity index (χ1) is 11.1. The highest BCUT2D eigenvalue weighted by atomic mass is 16.2. The highest BCUT2D eigenvalue weighted by Crippen LogP contribution is 2.05. The number of amides is 2. The Labute approximate surface area is 135 Å². The summed E-state index contributed by atoms with van der Waals surface area (Å²) in [4.78, 5) is 27.3. The zero-order valence-corrected chi connectivity index (χ0v) is 13.0. The predicted molar refractivity (Wildman–Crippen MR) is 90.7 cm³/mol. The van der Waals surface area contributed by atoms with E-state index in [1.807, 2.05) is 37.3 Å². The number of rotatable bonds is 6. The Morgan fingerprint density at radius 3 is 2.61 bits per heavy atom. The molecule has 2 aromatic rings. The van der Waals surface area contributed by atoms with Crippen molar-refractivity contribution >= 4 is 23.6 Å². The minimum absolute atomic E-state index is 0.0634. The van der Waals surface area contributed by atoms with Crippen LogP contribution < -0.4 is 10.6 Å². The molecule has 2 amide bonds. The van der Waals surface area contributed by atoms with Crippen LogP contribution in [0.25, 0.3) is 6.08 Å². The second kappa shape index (κ2) is 8.48. The molecule has 0 saturated heterocycles. The number of carbonyl (C=O) groups is 2. The van der Waals surface area contributed by atoms with Gasteiger partial charge in [-0.3, -0.25) is 14.6 Å². The van der Waals surface area contributed by atoms with Crippen LogP contribution in [0.5, 0.6) is 0 Å². The molecular formula is C18H19N3O2. The predicted octanol–water partition coefficient (Wildman–Crippen LogP) is 2.55. The van der Waals surface area contributed by atoms with Gasteiger partial charge in [0.15, 0.2) is 0 Å². The quantitative estimate of drug-likeness (QED) is 0.861. The molecule has 1 aromatic carbocycles. The Morgan fingerprint density at radius 1 is 1.13 bits per heavy atom. The molecule has 0 saturated carbocycles. The van der Waals surface area contributed by atoms with Gasteiger partial charge in [0.25, 0.3) is 0 Å². The second-order valence-corrected chi connectivity index (χ2v) is 5.08. The van der Waals surface area contributed by atoms with E-state index in [0.717, 1.165) is 5.56 Å². The van der Waals surface area contributed by atoms with E-state index in [-0.39, 0.29) is 24.8 Å². The van der Waals surface area contributed by atoms with Gasteiger partial charge in [0.05, 0.1) is 18.4 Å². The van der Waals surface area contributed by atoms with Gasteiger partial charge in [-0.2, -0.15) is 0 Å². The number of pyridine rings is 1. The molecule has 0 fully saturated rings. The number of carbonyl (C=O) groups excluding carboxylic acids is 2. The SMILES string of the molecule is Cc1ccc(C=CCC(=O)NCC(=O)Nc2cccnc2)cc1. The van der Waals surface area contributed by atoms with Crippen LogP contribution in [0.15, 0.2) is 54.9 Å². The minimum atomic E-state index is -0.283. The van der Waals surface area contributed by atoms with Crippen molar-refractivity contribution in [3.63, 3.8) is 0 Å². The molecule has 5 nitrogen and oxygen atoms in total. The maximum atomic E-state index is 11.7. The molecule has 0 atom stereocenters. The van der Waals surface area contributed by atoms with Crippen LogP contribution in [0.1, 0.15) is 17.5 Å². The Kier molecular flexibility index (Phi) is 6.06. The van der Waals surface area contributed by atoms with Crippen molar-refractivity contribution in [3.05, 3.63) is 66.0 Å². The molecule has 0 spiro atoms. The summed E-state index contributed by atoms with van der Waals surface area (Å²) in [5, 5.41) is 5.23. The summed E-state index contributed by atoms with van der Waals surface area (Å²) in [5.41, 5.74) is 2.84. The van der Waals surface area contributed by atoms with E-state index in [9.17, 15) is 9.59 Å². The van der Waals surface area contributed by atoms with Crippen molar-refractivity contribution in [2.75, 3.05) is 11.9 Å². The van der Waals surface area contributed by atoms with Crippen LogP contribution in [0, 0.1) is 6.92 Å². The average molecular weight is 309 g/mol. The van der Waals surface area contributed by atoms with Crippen LogP contribution in [-0.2, 0) is 9.59 Å². The average Bonchev–Trinajstić information content (AvgIpc) is 2.56. The van der Waals surface area contributed by atoms with Gasteiger partial charge in [0.1, 0.15) is 0 Å². The summed E-state index contributed by atoms with van der Waals surface area (Å²) < 4.78 is 0.